The molecule has 6 nitrogen and oxygen atoms in total. The zero-order valence-corrected chi connectivity index (χ0v) is 7.01. The quantitative estimate of drug-likeness (QED) is 0.392. The lowest BCUT2D eigenvalue weighted by molar-refractivity contribution is -0.131. The van der Waals surface area contributed by atoms with Crippen LogP contribution in [0.4, 0.5) is 0 Å². The lowest BCUT2D eigenvalue weighted by Crippen LogP contribution is -2.52. The van der Waals surface area contributed by atoms with Crippen molar-refractivity contribution in [2.45, 2.75) is 12.6 Å². The Morgan fingerprint density at radius 2 is 1.91 bits per heavy atom. The Morgan fingerprint density at radius 3 is 2.00 bits per heavy atom. The summed E-state index contributed by atoms with van der Waals surface area (Å²) in [4.78, 5) is 10.4. The fourth-order valence-corrected chi connectivity index (χ4v) is 1.07. The molecule has 0 aliphatic heterocycles. The van der Waals surface area contributed by atoms with Crippen LogP contribution < -0.4 is 11.5 Å². The Balaban J connectivity index is 4.51. The molecule has 0 bridgehead atoms. The minimum Gasteiger partial charge on any atom is -0.366 e. The van der Waals surface area contributed by atoms with E-state index in [2.05, 4.69) is 4.18 Å². The van der Waals surface area contributed by atoms with E-state index in [0.717, 1.165) is 13.2 Å². The SMILES string of the molecule is CC(N)(OS(C)(=O)=O)C(N)=O. The average molecular weight is 182 g/mol. The molecule has 0 heterocycles. The van der Waals surface area contributed by atoms with E-state index >= 15 is 0 Å². The summed E-state index contributed by atoms with van der Waals surface area (Å²) < 4.78 is 25.0. The second-order valence-electron chi connectivity index (χ2n) is 2.26. The number of rotatable bonds is 3. The fraction of sp³-hybridized carbons (Fsp3) is 0.750. The highest BCUT2D eigenvalue weighted by Crippen LogP contribution is 2.04. The molecule has 0 saturated carbocycles. The monoisotopic (exact) mass is 182 g/mol. The van der Waals surface area contributed by atoms with Gasteiger partial charge in [0.2, 0.25) is 5.72 Å². The van der Waals surface area contributed by atoms with E-state index < -0.39 is 21.8 Å². The third-order valence-electron chi connectivity index (χ3n) is 0.814. The highest BCUT2D eigenvalue weighted by molar-refractivity contribution is 7.86. The zero-order valence-electron chi connectivity index (χ0n) is 6.20. The van der Waals surface area contributed by atoms with Gasteiger partial charge in [-0.25, -0.2) is 4.18 Å². The van der Waals surface area contributed by atoms with Gasteiger partial charge in [0.15, 0.2) is 0 Å². The van der Waals surface area contributed by atoms with E-state index in [1.54, 1.807) is 0 Å². The number of carbonyl (C=O) groups excluding carboxylic acids is 1. The zero-order chi connectivity index (χ0) is 9.28. The number of hydrogen-bond donors (Lipinski definition) is 2. The summed E-state index contributed by atoms with van der Waals surface area (Å²) in [5.41, 5.74) is 7.83. The Hall–Kier alpha value is -0.660. The fourth-order valence-electron chi connectivity index (χ4n) is 0.356. The topological polar surface area (TPSA) is 112 Å². The number of hydrogen-bond acceptors (Lipinski definition) is 5. The number of primary amides is 1. The number of carbonyl (C=O) groups is 1. The molecule has 0 aromatic rings. The van der Waals surface area contributed by atoms with Crippen LogP contribution in [0.25, 0.3) is 0 Å². The minimum absolute atomic E-state index is 0.779. The maximum absolute atomic E-state index is 10.4. The molecule has 1 amide bonds. The summed E-state index contributed by atoms with van der Waals surface area (Å²) >= 11 is 0. The van der Waals surface area contributed by atoms with Crippen molar-refractivity contribution in [1.29, 1.82) is 0 Å². The second-order valence-corrected chi connectivity index (χ2v) is 3.83. The molecule has 0 aromatic heterocycles. The van der Waals surface area contributed by atoms with Crippen LogP contribution in [-0.2, 0) is 19.1 Å². The summed E-state index contributed by atoms with van der Waals surface area (Å²) in [6.45, 7) is 1.07. The standard InChI is InChI=1S/C4H10N2O4S/c1-4(6,3(5)7)10-11(2,8)9/h6H2,1-2H3,(H2,5,7). The molecule has 1 unspecified atom stereocenters. The van der Waals surface area contributed by atoms with E-state index in [1.807, 2.05) is 0 Å². The Morgan fingerprint density at radius 1 is 1.55 bits per heavy atom. The van der Waals surface area contributed by atoms with Crippen molar-refractivity contribution in [2.24, 2.45) is 11.5 Å². The lowest BCUT2D eigenvalue weighted by Gasteiger charge is -2.18. The molecule has 0 spiro atoms. The van der Waals surface area contributed by atoms with E-state index in [1.165, 1.54) is 0 Å². The number of nitrogens with two attached hydrogens (primary N) is 2. The summed E-state index contributed by atoms with van der Waals surface area (Å²) in [6.07, 6.45) is 0.779. The van der Waals surface area contributed by atoms with Crippen molar-refractivity contribution >= 4 is 16.0 Å². The van der Waals surface area contributed by atoms with Crippen molar-refractivity contribution in [3.05, 3.63) is 0 Å². The second kappa shape index (κ2) is 2.76. The van der Waals surface area contributed by atoms with Crippen LogP contribution in [0.15, 0.2) is 0 Å². The maximum atomic E-state index is 10.4. The minimum atomic E-state index is -3.75. The normalized spacial score (nSPS) is 17.4. The third kappa shape index (κ3) is 3.91. The molecule has 0 rings (SSSR count). The van der Waals surface area contributed by atoms with Crippen molar-refractivity contribution in [2.75, 3.05) is 6.26 Å². The molecular weight excluding hydrogens is 172 g/mol. The van der Waals surface area contributed by atoms with E-state index in [4.69, 9.17) is 11.5 Å². The van der Waals surface area contributed by atoms with Gasteiger partial charge in [-0.3, -0.25) is 10.5 Å². The molecule has 7 heteroatoms. The Labute approximate surface area is 64.6 Å². The molecule has 66 valence electrons. The Kier molecular flexibility index (Phi) is 2.60. The van der Waals surface area contributed by atoms with Gasteiger partial charge in [-0.2, -0.15) is 8.42 Å². The van der Waals surface area contributed by atoms with Crippen LogP contribution in [-0.4, -0.2) is 26.3 Å². The molecule has 0 aliphatic rings. The van der Waals surface area contributed by atoms with Gasteiger partial charge in [-0.1, -0.05) is 0 Å². The lowest BCUT2D eigenvalue weighted by atomic mass is 10.3. The molecule has 1 atom stereocenters. The number of amides is 1. The first-order chi connectivity index (χ1) is 4.65. The molecule has 0 aromatic carbocycles. The highest BCUT2D eigenvalue weighted by Gasteiger charge is 2.31. The summed E-state index contributed by atoms with van der Waals surface area (Å²) in [7, 11) is -3.75. The van der Waals surface area contributed by atoms with Gasteiger partial charge in [0.1, 0.15) is 0 Å². The van der Waals surface area contributed by atoms with Gasteiger partial charge >= 0.3 is 0 Å². The smallest absolute Gasteiger partial charge is 0.266 e. The molecule has 0 aliphatic carbocycles. The predicted octanol–water partition coefficient (Wildman–Crippen LogP) is -1.88. The first-order valence-corrected chi connectivity index (χ1v) is 4.46. The van der Waals surface area contributed by atoms with Crippen LogP contribution in [0.2, 0.25) is 0 Å². The molecule has 11 heavy (non-hydrogen) atoms. The van der Waals surface area contributed by atoms with E-state index in [9.17, 15) is 13.2 Å². The van der Waals surface area contributed by atoms with Gasteiger partial charge in [0.05, 0.1) is 6.26 Å². The van der Waals surface area contributed by atoms with Gasteiger partial charge in [-0.15, -0.1) is 0 Å². The van der Waals surface area contributed by atoms with Crippen LogP contribution in [0.5, 0.6) is 0 Å². The van der Waals surface area contributed by atoms with E-state index in [-0.39, 0.29) is 0 Å². The van der Waals surface area contributed by atoms with Crippen molar-refractivity contribution in [3.63, 3.8) is 0 Å². The van der Waals surface area contributed by atoms with Crippen molar-refractivity contribution in [3.8, 4) is 0 Å². The van der Waals surface area contributed by atoms with Crippen LogP contribution in [0.1, 0.15) is 6.92 Å². The van der Waals surface area contributed by atoms with Crippen LogP contribution >= 0.6 is 0 Å². The first-order valence-electron chi connectivity index (χ1n) is 2.64. The summed E-state index contributed by atoms with van der Waals surface area (Å²) in [5, 5.41) is 0. The Bertz CT molecular complexity index is 255. The molecule has 4 N–H and O–H groups in total. The highest BCUT2D eigenvalue weighted by atomic mass is 32.2. The van der Waals surface area contributed by atoms with Gasteiger partial charge in [0.25, 0.3) is 16.0 Å². The van der Waals surface area contributed by atoms with Gasteiger partial charge in [0, 0.05) is 0 Å². The average Bonchev–Trinajstić information content (AvgIpc) is 1.56. The van der Waals surface area contributed by atoms with Crippen LogP contribution in [0, 0.1) is 0 Å². The maximum Gasteiger partial charge on any atom is 0.266 e. The molecule has 0 saturated heterocycles. The van der Waals surface area contributed by atoms with Gasteiger partial charge in [-0.05, 0) is 6.92 Å². The molecule has 0 radical (unpaired) electrons. The van der Waals surface area contributed by atoms with E-state index in [0.29, 0.717) is 0 Å². The largest absolute Gasteiger partial charge is 0.366 e. The van der Waals surface area contributed by atoms with Crippen molar-refractivity contribution < 1.29 is 17.4 Å². The summed E-state index contributed by atoms with van der Waals surface area (Å²) in [5.74, 6) is -1.04. The molecule has 0 fully saturated rings. The molecular formula is C4H10N2O4S. The predicted molar refractivity (Wildman–Crippen MR) is 37.7 cm³/mol. The van der Waals surface area contributed by atoms with Gasteiger partial charge < -0.3 is 5.73 Å². The third-order valence-corrected chi connectivity index (χ3v) is 1.46. The summed E-state index contributed by atoms with van der Waals surface area (Å²) in [6, 6.07) is 0. The van der Waals surface area contributed by atoms with Crippen LogP contribution in [0.3, 0.4) is 0 Å². The first kappa shape index (κ1) is 10.3. The van der Waals surface area contributed by atoms with Crippen molar-refractivity contribution in [1.82, 2.24) is 0 Å².